The minimum atomic E-state index is 1.16. The highest BCUT2D eigenvalue weighted by molar-refractivity contribution is 6.68. The Balaban J connectivity index is 1.58. The lowest BCUT2D eigenvalue weighted by molar-refractivity contribution is 1.19. The summed E-state index contributed by atoms with van der Waals surface area (Å²) in [5, 5.41) is 5.02. The predicted molar refractivity (Wildman–Crippen MR) is 202 cm³/mol. The number of benzene rings is 6. The van der Waals surface area contributed by atoms with E-state index in [9.17, 15) is 0 Å². The Morgan fingerprint density at radius 3 is 1.86 bits per heavy atom. The summed E-state index contributed by atoms with van der Waals surface area (Å²) in [4.78, 5) is 3.82. The number of hydrogen-bond acceptors (Lipinski definition) is 0. The number of H-pyrrole nitrogens is 1. The van der Waals surface area contributed by atoms with Crippen molar-refractivity contribution in [2.45, 2.75) is 0 Å². The number of para-hydroxylation sites is 2. The highest BCUT2D eigenvalue weighted by Gasteiger charge is 2.23. The van der Waals surface area contributed by atoms with Gasteiger partial charge in [0.1, 0.15) is 39.2 Å². The van der Waals surface area contributed by atoms with E-state index in [1.165, 1.54) is 93.4 Å². The van der Waals surface area contributed by atoms with Crippen LogP contribution in [-0.2, 0) is 0 Å². The van der Waals surface area contributed by atoms with Gasteiger partial charge in [-0.05, 0) is 34.9 Å². The van der Waals surface area contributed by atoms with Crippen LogP contribution in [0.2, 0.25) is 0 Å². The predicted octanol–water partition coefficient (Wildman–Crippen LogP) is 1.04. The second-order valence-electron chi connectivity index (χ2n) is 12.0. The minimum Gasteiger partial charge on any atom is -0.353 e. The lowest BCUT2D eigenvalue weighted by Gasteiger charge is -2.24. The topological polar surface area (TPSA) is 20.7 Å². The van der Waals surface area contributed by atoms with Crippen molar-refractivity contribution in [1.82, 2.24) is 9.55 Å². The monoisotopic (exact) mass is 544 g/mol. The summed E-state index contributed by atoms with van der Waals surface area (Å²) < 4.78 is 2.51. The molecule has 43 heavy (non-hydrogen) atoms. The SMILES string of the molecule is Bc1c(B)c(B)c(-c2cccc(-n3c4ccccc4c4ccc5c6ccccc6[nH]c5c43)c2-c2ccccc2)c(B)c1B. The number of aromatic nitrogens is 2. The molecule has 2 nitrogen and oxygen atoms in total. The van der Waals surface area contributed by atoms with E-state index in [-0.39, 0.29) is 0 Å². The van der Waals surface area contributed by atoms with Gasteiger partial charge in [0.05, 0.1) is 22.2 Å². The standard InChI is InChI=1S/C36H29B5N2/c37-30-29(31(38)33(40)34(41)32(30)39)24-13-8-16-27(28(24)19-9-2-1-3-10-19)43-26-15-7-5-12-21(26)23-18-17-22-20-11-4-6-14-25(20)42-35(22)36(23)43/h1-18,42H,37-41H2. The summed E-state index contributed by atoms with van der Waals surface area (Å²) in [5.41, 5.74) is 17.9. The molecule has 0 saturated carbocycles. The molecule has 0 saturated heterocycles. The summed E-state index contributed by atoms with van der Waals surface area (Å²) in [5.74, 6) is 0. The first-order chi connectivity index (χ1) is 21.0. The summed E-state index contributed by atoms with van der Waals surface area (Å²) in [7, 11) is 11.4. The fourth-order valence-corrected chi connectivity index (χ4v) is 7.37. The van der Waals surface area contributed by atoms with E-state index < -0.39 is 0 Å². The Kier molecular flexibility index (Phi) is 5.81. The van der Waals surface area contributed by atoms with Gasteiger partial charge in [0.25, 0.3) is 0 Å². The van der Waals surface area contributed by atoms with Crippen LogP contribution >= 0.6 is 0 Å². The van der Waals surface area contributed by atoms with Gasteiger partial charge in [-0.25, -0.2) is 0 Å². The zero-order valence-corrected chi connectivity index (χ0v) is 25.3. The summed E-state index contributed by atoms with van der Waals surface area (Å²) in [6.07, 6.45) is 0. The van der Waals surface area contributed by atoms with Crippen molar-refractivity contribution in [2.75, 3.05) is 0 Å². The molecule has 0 radical (unpaired) electrons. The minimum absolute atomic E-state index is 1.16. The summed E-state index contributed by atoms with van der Waals surface area (Å²) in [6, 6.07) is 39.9. The Morgan fingerprint density at radius 1 is 0.465 bits per heavy atom. The Bertz CT molecular complexity index is 2370. The molecular formula is C36H29B5N2. The Hall–Kier alpha value is -4.76. The molecule has 198 valence electrons. The molecule has 2 heterocycles. The van der Waals surface area contributed by atoms with Crippen molar-refractivity contribution < 1.29 is 0 Å². The zero-order valence-electron chi connectivity index (χ0n) is 25.3. The van der Waals surface area contributed by atoms with Crippen molar-refractivity contribution in [3.05, 3.63) is 109 Å². The maximum atomic E-state index is 3.82. The van der Waals surface area contributed by atoms with E-state index in [0.29, 0.717) is 0 Å². The van der Waals surface area contributed by atoms with Gasteiger partial charge >= 0.3 is 0 Å². The van der Waals surface area contributed by atoms with E-state index in [1.54, 1.807) is 0 Å². The quantitative estimate of drug-likeness (QED) is 0.322. The lowest BCUT2D eigenvalue weighted by Crippen LogP contribution is -2.55. The molecule has 0 fully saturated rings. The fourth-order valence-electron chi connectivity index (χ4n) is 7.37. The molecule has 7 heteroatoms. The van der Waals surface area contributed by atoms with Crippen LogP contribution in [0.1, 0.15) is 0 Å². The summed E-state index contributed by atoms with van der Waals surface area (Å²) in [6.45, 7) is 0. The molecular weight excluding hydrogens is 514 g/mol. The van der Waals surface area contributed by atoms with E-state index in [0.717, 1.165) is 5.52 Å². The van der Waals surface area contributed by atoms with Crippen molar-refractivity contribution in [2.24, 2.45) is 0 Å². The third kappa shape index (κ3) is 3.67. The van der Waals surface area contributed by atoms with Crippen LogP contribution in [0.25, 0.3) is 71.6 Å². The van der Waals surface area contributed by atoms with Crippen LogP contribution in [0.4, 0.5) is 0 Å². The van der Waals surface area contributed by atoms with Crippen LogP contribution in [0, 0.1) is 0 Å². The molecule has 0 unspecified atom stereocenters. The number of rotatable bonds is 3. The molecule has 8 rings (SSSR count). The molecule has 0 aliphatic rings. The molecule has 6 aromatic carbocycles. The van der Waals surface area contributed by atoms with Crippen LogP contribution in [0.15, 0.2) is 109 Å². The number of nitrogens with zero attached hydrogens (tertiary/aromatic N) is 1. The van der Waals surface area contributed by atoms with E-state index in [4.69, 9.17) is 0 Å². The highest BCUT2D eigenvalue weighted by atomic mass is 15.0. The maximum Gasteiger partial charge on any atom is 0.139 e. The molecule has 2 aromatic heterocycles. The van der Waals surface area contributed by atoms with Crippen molar-refractivity contribution in [1.29, 1.82) is 0 Å². The molecule has 0 amide bonds. The Morgan fingerprint density at radius 2 is 1.09 bits per heavy atom. The molecule has 1 N–H and O–H groups in total. The summed E-state index contributed by atoms with van der Waals surface area (Å²) >= 11 is 0. The van der Waals surface area contributed by atoms with Crippen LogP contribution in [0.3, 0.4) is 0 Å². The average molecular weight is 544 g/mol. The fraction of sp³-hybridized carbons (Fsp3) is 0. The second kappa shape index (κ2) is 9.64. The third-order valence-corrected chi connectivity index (χ3v) is 9.93. The van der Waals surface area contributed by atoms with E-state index in [1.807, 2.05) is 0 Å². The second-order valence-corrected chi connectivity index (χ2v) is 12.0. The van der Waals surface area contributed by atoms with Gasteiger partial charge in [-0.15, -0.1) is 16.4 Å². The maximum absolute atomic E-state index is 3.82. The van der Waals surface area contributed by atoms with Gasteiger partial charge in [0.2, 0.25) is 0 Å². The molecule has 0 atom stereocenters. The van der Waals surface area contributed by atoms with Gasteiger partial charge in [-0.2, -0.15) is 0 Å². The van der Waals surface area contributed by atoms with Gasteiger partial charge in [-0.1, -0.05) is 102 Å². The smallest absolute Gasteiger partial charge is 0.139 e. The van der Waals surface area contributed by atoms with Crippen molar-refractivity contribution in [3.63, 3.8) is 0 Å². The third-order valence-electron chi connectivity index (χ3n) is 9.93. The molecule has 0 spiro atoms. The number of nitrogens with one attached hydrogen (secondary N) is 1. The molecule has 8 aromatic rings. The molecule has 0 aliphatic carbocycles. The van der Waals surface area contributed by atoms with Crippen LogP contribution in [-0.4, -0.2) is 48.8 Å². The van der Waals surface area contributed by atoms with Gasteiger partial charge < -0.3 is 9.55 Å². The normalized spacial score (nSPS) is 11.7. The number of hydrogen-bond donors (Lipinski definition) is 1. The van der Waals surface area contributed by atoms with Gasteiger partial charge in [0, 0.05) is 32.6 Å². The van der Waals surface area contributed by atoms with E-state index >= 15 is 0 Å². The van der Waals surface area contributed by atoms with Crippen molar-refractivity contribution in [3.8, 4) is 27.9 Å². The average Bonchev–Trinajstić information content (AvgIpc) is 3.59. The first kappa shape index (κ1) is 25.9. The zero-order chi connectivity index (χ0) is 29.4. The van der Waals surface area contributed by atoms with Crippen LogP contribution < -0.4 is 27.3 Å². The van der Waals surface area contributed by atoms with Gasteiger partial charge in [0.15, 0.2) is 0 Å². The van der Waals surface area contributed by atoms with Crippen molar-refractivity contribution >= 4 is 110 Å². The largest absolute Gasteiger partial charge is 0.353 e. The molecule has 0 bridgehead atoms. The Labute approximate surface area is 256 Å². The first-order valence-corrected chi connectivity index (χ1v) is 15.1. The van der Waals surface area contributed by atoms with Crippen LogP contribution in [0.5, 0.6) is 0 Å². The lowest BCUT2D eigenvalue weighted by atomic mass is 9.59. The number of fused-ring (bicyclic) bond motifs is 7. The number of aromatic amines is 1. The highest BCUT2D eigenvalue weighted by Crippen LogP contribution is 2.42. The van der Waals surface area contributed by atoms with Gasteiger partial charge in [-0.3, -0.25) is 0 Å². The van der Waals surface area contributed by atoms with E-state index in [2.05, 4.69) is 158 Å². The molecule has 0 aliphatic heterocycles. The first-order valence-electron chi connectivity index (χ1n) is 15.1.